The van der Waals surface area contributed by atoms with E-state index >= 15 is 0 Å². The van der Waals surface area contributed by atoms with Crippen LogP contribution in [-0.2, 0) is 11.3 Å². The number of hydrogen-bond acceptors (Lipinski definition) is 9. The van der Waals surface area contributed by atoms with E-state index in [0.29, 0.717) is 0 Å². The van der Waals surface area contributed by atoms with Crippen LogP contribution >= 0.6 is 0 Å². The molecule has 0 aliphatic carbocycles. The monoisotopic (exact) mass is 544 g/mol. The molecule has 12 nitrogen and oxygen atoms in total. The average Bonchev–Trinajstić information content (AvgIpc) is 3.52. The van der Waals surface area contributed by atoms with Crippen LogP contribution in [0.15, 0.2) is 80.9 Å². The molecule has 2 heterocycles. The molecule has 1 aliphatic heterocycles. The zero-order valence-corrected chi connectivity index (χ0v) is 21.0. The van der Waals surface area contributed by atoms with Gasteiger partial charge in [-0.15, -0.1) is 0 Å². The highest BCUT2D eigenvalue weighted by Crippen LogP contribution is 2.33. The van der Waals surface area contributed by atoms with Gasteiger partial charge in [-0.1, -0.05) is 36.4 Å². The normalized spacial score (nSPS) is 15.2. The minimum atomic E-state index is -1.38. The number of aliphatic carboxylic acids is 1. The molecule has 1 saturated heterocycles. The molecule has 40 heavy (non-hydrogen) atoms. The van der Waals surface area contributed by atoms with E-state index in [1.165, 1.54) is 41.5 Å². The van der Waals surface area contributed by atoms with Crippen LogP contribution in [0.4, 0.5) is 17.1 Å². The number of amides is 2. The van der Waals surface area contributed by atoms with Gasteiger partial charge in [-0.05, 0) is 29.8 Å². The highest BCUT2D eigenvalue weighted by atomic mass is 16.4. The number of furan rings is 1. The summed E-state index contributed by atoms with van der Waals surface area (Å²) in [4.78, 5) is 64.9. The van der Waals surface area contributed by atoms with Crippen molar-refractivity contribution in [2.45, 2.75) is 12.6 Å². The van der Waals surface area contributed by atoms with E-state index in [-0.39, 0.29) is 54.6 Å². The Morgan fingerprint density at radius 3 is 2.35 bits per heavy atom. The summed E-state index contributed by atoms with van der Waals surface area (Å²) in [7, 11) is 0. The summed E-state index contributed by atoms with van der Waals surface area (Å²) >= 11 is 0. The van der Waals surface area contributed by atoms with Gasteiger partial charge in [0.2, 0.25) is 0 Å². The van der Waals surface area contributed by atoms with Gasteiger partial charge in [-0.3, -0.25) is 19.2 Å². The number of aromatic hydroxyl groups is 1. The Kier molecular flexibility index (Phi) is 7.06. The van der Waals surface area contributed by atoms with Gasteiger partial charge in [0.15, 0.2) is 11.5 Å². The third-order valence-corrected chi connectivity index (χ3v) is 6.69. The zero-order chi connectivity index (χ0) is 28.4. The number of carbonyl (C=O) groups is 3. The number of anilines is 3. The second-order valence-corrected chi connectivity index (χ2v) is 9.16. The van der Waals surface area contributed by atoms with Gasteiger partial charge in [0.25, 0.3) is 22.7 Å². The maximum atomic E-state index is 13.4. The van der Waals surface area contributed by atoms with E-state index in [1.54, 1.807) is 0 Å². The van der Waals surface area contributed by atoms with Gasteiger partial charge in [0, 0.05) is 19.6 Å². The van der Waals surface area contributed by atoms with Crippen LogP contribution in [0.1, 0.15) is 26.5 Å². The van der Waals surface area contributed by atoms with Gasteiger partial charge < -0.3 is 35.1 Å². The Balaban J connectivity index is 1.34. The molecule has 12 heteroatoms. The first-order valence-corrected chi connectivity index (χ1v) is 12.3. The maximum Gasteiger partial charge on any atom is 0.328 e. The van der Waals surface area contributed by atoms with Crippen LogP contribution in [0.5, 0.6) is 5.75 Å². The first-order chi connectivity index (χ1) is 19.3. The van der Waals surface area contributed by atoms with Crippen molar-refractivity contribution in [3.8, 4) is 5.75 Å². The van der Waals surface area contributed by atoms with Crippen molar-refractivity contribution in [1.29, 1.82) is 0 Å². The molecule has 204 valence electrons. The molecule has 0 radical (unpaired) electrons. The Labute approximate surface area is 226 Å². The molecule has 1 atom stereocenters. The predicted octanol–water partition coefficient (Wildman–Crippen LogP) is 1.99. The number of hydrogen-bond donors (Lipinski definition) is 4. The highest BCUT2D eigenvalue weighted by molar-refractivity contribution is 6.01. The predicted molar refractivity (Wildman–Crippen MR) is 144 cm³/mol. The summed E-state index contributed by atoms with van der Waals surface area (Å²) in [6, 6.07) is 15.0. The summed E-state index contributed by atoms with van der Waals surface area (Å²) in [6.07, 6.45) is 1.33. The van der Waals surface area contributed by atoms with E-state index in [4.69, 9.17) is 4.42 Å². The van der Waals surface area contributed by atoms with Gasteiger partial charge in [-0.2, -0.15) is 0 Å². The number of rotatable bonds is 8. The molecule has 0 bridgehead atoms. The van der Waals surface area contributed by atoms with Crippen molar-refractivity contribution < 1.29 is 29.0 Å². The lowest BCUT2D eigenvalue weighted by Crippen LogP contribution is -2.59. The standard InChI is InChI=1S/C28H24N4O8/c33-23-17(26(36)32-12-11-31(15-19(32)28(38)39)27(37)20-10-5-13-40-20)8-4-9-18(23)30-22-21(24(34)25(22)35)29-14-16-6-2-1-3-7-16/h1-10,13,19,29-30,33H,11-12,14-15H2,(H,38,39). The number of carboxylic acid groups (broad SMARTS) is 1. The van der Waals surface area contributed by atoms with E-state index in [1.807, 2.05) is 30.3 Å². The molecule has 1 unspecified atom stereocenters. The van der Waals surface area contributed by atoms with Crippen molar-refractivity contribution in [3.05, 3.63) is 104 Å². The Bertz CT molecular complexity index is 1640. The number of phenols is 1. The topological polar surface area (TPSA) is 169 Å². The molecular formula is C28H24N4O8. The van der Waals surface area contributed by atoms with Crippen LogP contribution < -0.4 is 21.5 Å². The lowest BCUT2D eigenvalue weighted by molar-refractivity contribution is -0.144. The second-order valence-electron chi connectivity index (χ2n) is 9.16. The van der Waals surface area contributed by atoms with Crippen molar-refractivity contribution in [3.63, 3.8) is 0 Å². The number of para-hydroxylation sites is 1. The molecule has 1 fully saturated rings. The van der Waals surface area contributed by atoms with Gasteiger partial charge in [0.1, 0.15) is 17.4 Å². The van der Waals surface area contributed by atoms with Crippen molar-refractivity contribution in [2.75, 3.05) is 30.3 Å². The van der Waals surface area contributed by atoms with Crippen molar-refractivity contribution >= 4 is 34.8 Å². The van der Waals surface area contributed by atoms with E-state index in [2.05, 4.69) is 10.6 Å². The fourth-order valence-corrected chi connectivity index (χ4v) is 4.55. The van der Waals surface area contributed by atoms with Crippen molar-refractivity contribution in [1.82, 2.24) is 9.80 Å². The minimum Gasteiger partial charge on any atom is -0.505 e. The number of benzene rings is 2. The van der Waals surface area contributed by atoms with Crippen LogP contribution in [0, 0.1) is 0 Å². The summed E-state index contributed by atoms with van der Waals surface area (Å²) in [5.41, 5.74) is -0.844. The summed E-state index contributed by atoms with van der Waals surface area (Å²) in [6.45, 7) is -0.0478. The molecule has 5 rings (SSSR count). The zero-order valence-electron chi connectivity index (χ0n) is 21.0. The number of nitrogens with zero attached hydrogens (tertiary/aromatic N) is 2. The largest absolute Gasteiger partial charge is 0.505 e. The fraction of sp³-hybridized carbons (Fsp3) is 0.179. The molecule has 1 aliphatic rings. The average molecular weight is 545 g/mol. The van der Waals surface area contributed by atoms with Crippen LogP contribution in [0.2, 0.25) is 0 Å². The van der Waals surface area contributed by atoms with Crippen LogP contribution in [-0.4, -0.2) is 63.5 Å². The van der Waals surface area contributed by atoms with E-state index in [0.717, 1.165) is 10.5 Å². The molecule has 2 amide bonds. The smallest absolute Gasteiger partial charge is 0.328 e. The maximum absolute atomic E-state index is 13.4. The lowest BCUT2D eigenvalue weighted by atomic mass is 10.1. The summed E-state index contributed by atoms with van der Waals surface area (Å²) in [5.74, 6) is -3.06. The molecule has 4 aromatic rings. The summed E-state index contributed by atoms with van der Waals surface area (Å²) < 4.78 is 5.11. The Morgan fingerprint density at radius 2 is 1.65 bits per heavy atom. The highest BCUT2D eigenvalue weighted by Gasteiger charge is 2.39. The first-order valence-electron chi connectivity index (χ1n) is 12.3. The Morgan fingerprint density at radius 1 is 0.900 bits per heavy atom. The quantitative estimate of drug-likeness (QED) is 0.190. The summed E-state index contributed by atoms with van der Waals surface area (Å²) in [5, 5.41) is 26.4. The fourth-order valence-electron chi connectivity index (χ4n) is 4.55. The molecule has 0 saturated carbocycles. The number of nitrogens with one attached hydrogen (secondary N) is 2. The lowest BCUT2D eigenvalue weighted by Gasteiger charge is -2.39. The number of carbonyl (C=O) groups excluding carboxylic acids is 2. The minimum absolute atomic E-state index is 0.0146. The van der Waals surface area contributed by atoms with E-state index in [9.17, 15) is 34.2 Å². The number of carboxylic acids is 1. The van der Waals surface area contributed by atoms with Gasteiger partial charge in [0.05, 0.1) is 24.1 Å². The Hall–Kier alpha value is -5.39. The first kappa shape index (κ1) is 26.2. The molecule has 4 N–H and O–H groups in total. The molecular weight excluding hydrogens is 520 g/mol. The molecule has 1 aromatic heterocycles. The molecule has 0 spiro atoms. The van der Waals surface area contributed by atoms with Crippen molar-refractivity contribution in [2.24, 2.45) is 0 Å². The van der Waals surface area contributed by atoms with Gasteiger partial charge in [-0.25, -0.2) is 4.79 Å². The number of phenolic OH excluding ortho intramolecular Hbond substituents is 1. The SMILES string of the molecule is O=C(O)C1CN(C(=O)c2ccco2)CCN1C(=O)c1cccc(Nc2c(NCc3ccccc3)c(=O)c2=O)c1O. The number of piperazine rings is 1. The third kappa shape index (κ3) is 4.89. The molecule has 3 aromatic carbocycles. The van der Waals surface area contributed by atoms with Crippen LogP contribution in [0.25, 0.3) is 0 Å². The van der Waals surface area contributed by atoms with Crippen LogP contribution in [0.3, 0.4) is 0 Å². The second kappa shape index (κ2) is 10.8. The third-order valence-electron chi connectivity index (χ3n) is 6.69. The van der Waals surface area contributed by atoms with Gasteiger partial charge >= 0.3 is 5.97 Å². The van der Waals surface area contributed by atoms with E-state index < -0.39 is 40.4 Å².